The third kappa shape index (κ3) is 6.72. The number of ether oxygens (including phenoxy) is 2. The first-order valence-electron chi connectivity index (χ1n) is 12.7. The molecular formula is C26H30F3N9O4. The molecule has 4 rings (SSSR count). The highest BCUT2D eigenvalue weighted by Crippen LogP contribution is 2.37. The number of hydroxylamine groups is 1. The molecule has 1 saturated heterocycles. The Hall–Kier alpha value is -4.41. The van der Waals surface area contributed by atoms with Gasteiger partial charge in [0.1, 0.15) is 11.6 Å². The maximum absolute atomic E-state index is 13.6. The van der Waals surface area contributed by atoms with Crippen molar-refractivity contribution in [3.8, 4) is 17.1 Å². The SMILES string of the molecule is C=N/C=C(\C=N/CN(C)Cc1nc2c(N3CCOCC3)nc(-c3cc(C(F)(F)F)ccc3OC)nc2n1C)C(=O)NO. The number of fused-ring (bicyclic) bond motifs is 1. The van der Waals surface area contributed by atoms with Crippen molar-refractivity contribution in [1.29, 1.82) is 0 Å². The van der Waals surface area contributed by atoms with Crippen LogP contribution in [0, 0.1) is 0 Å². The monoisotopic (exact) mass is 589 g/mol. The molecule has 1 aliphatic heterocycles. The number of aromatic nitrogens is 4. The number of rotatable bonds is 10. The number of benzene rings is 1. The van der Waals surface area contributed by atoms with Gasteiger partial charge in [-0.3, -0.25) is 24.9 Å². The maximum Gasteiger partial charge on any atom is 0.416 e. The average Bonchev–Trinajstić information content (AvgIpc) is 3.29. The zero-order chi connectivity index (χ0) is 30.4. The zero-order valence-corrected chi connectivity index (χ0v) is 23.2. The molecule has 1 fully saturated rings. The summed E-state index contributed by atoms with van der Waals surface area (Å²) in [5, 5.41) is 8.86. The van der Waals surface area contributed by atoms with Crippen molar-refractivity contribution in [2.24, 2.45) is 17.0 Å². The van der Waals surface area contributed by atoms with Gasteiger partial charge in [-0.15, -0.1) is 0 Å². The lowest BCUT2D eigenvalue weighted by Crippen LogP contribution is -2.37. The molecule has 1 aliphatic rings. The number of morpholine rings is 1. The molecule has 0 spiro atoms. The van der Waals surface area contributed by atoms with Crippen molar-refractivity contribution >= 4 is 35.8 Å². The summed E-state index contributed by atoms with van der Waals surface area (Å²) in [6.07, 6.45) is -2.16. The van der Waals surface area contributed by atoms with Gasteiger partial charge in [-0.2, -0.15) is 13.2 Å². The summed E-state index contributed by atoms with van der Waals surface area (Å²) in [4.78, 5) is 37.3. The Labute approximate surface area is 239 Å². The minimum atomic E-state index is -4.56. The third-order valence-electron chi connectivity index (χ3n) is 6.43. The van der Waals surface area contributed by atoms with Crippen molar-refractivity contribution in [2.75, 3.05) is 52.0 Å². The standard InChI is InChI=1S/C26H30F3N9O4/c1-30-12-16(25(39)35-40)13-31-15-36(2)14-20-32-21-23(37(20)3)33-22(34-24(21)38-7-9-42-10-8-38)18-11-17(26(27,28)29)5-6-19(18)41-4/h5-6,11-13,40H,1,7-10,14-15H2,2-4H3,(H,35,39)/b16-12+,31-13-. The molecule has 0 atom stereocenters. The van der Waals surface area contributed by atoms with Gasteiger partial charge in [0.2, 0.25) is 0 Å². The van der Waals surface area contributed by atoms with Crippen LogP contribution in [0.2, 0.25) is 0 Å². The number of imidazole rings is 1. The summed E-state index contributed by atoms with van der Waals surface area (Å²) >= 11 is 0. The maximum atomic E-state index is 13.6. The number of aryl methyl sites for hydroxylation is 1. The fourth-order valence-corrected chi connectivity index (χ4v) is 4.29. The van der Waals surface area contributed by atoms with Gasteiger partial charge in [-0.1, -0.05) is 0 Å². The highest BCUT2D eigenvalue weighted by atomic mass is 19.4. The minimum Gasteiger partial charge on any atom is -0.496 e. The number of nitrogens with one attached hydrogen (secondary N) is 1. The van der Waals surface area contributed by atoms with Gasteiger partial charge in [0, 0.05) is 32.6 Å². The van der Waals surface area contributed by atoms with Gasteiger partial charge < -0.3 is 18.9 Å². The molecule has 0 aliphatic carbocycles. The molecule has 224 valence electrons. The largest absolute Gasteiger partial charge is 0.496 e. The van der Waals surface area contributed by atoms with E-state index in [9.17, 15) is 18.0 Å². The van der Waals surface area contributed by atoms with E-state index in [-0.39, 0.29) is 29.4 Å². The fourth-order valence-electron chi connectivity index (χ4n) is 4.29. The number of halogens is 3. The van der Waals surface area contributed by atoms with E-state index < -0.39 is 17.6 Å². The number of anilines is 1. The van der Waals surface area contributed by atoms with Crippen molar-refractivity contribution in [3.63, 3.8) is 0 Å². The molecule has 13 nitrogen and oxygen atoms in total. The van der Waals surface area contributed by atoms with Crippen molar-refractivity contribution in [1.82, 2.24) is 29.9 Å². The van der Waals surface area contributed by atoms with Crippen LogP contribution in [0.3, 0.4) is 0 Å². The predicted octanol–water partition coefficient (Wildman–Crippen LogP) is 2.44. The minimum absolute atomic E-state index is 0.00612. The Kier molecular flexibility index (Phi) is 9.49. The van der Waals surface area contributed by atoms with E-state index in [0.29, 0.717) is 55.7 Å². The third-order valence-corrected chi connectivity index (χ3v) is 6.43. The number of nitrogens with zero attached hydrogens (tertiary/aromatic N) is 8. The molecule has 0 radical (unpaired) electrons. The van der Waals surface area contributed by atoms with E-state index in [0.717, 1.165) is 18.3 Å². The molecule has 0 saturated carbocycles. The van der Waals surface area contributed by atoms with Gasteiger partial charge in [0.05, 0.1) is 50.2 Å². The molecule has 42 heavy (non-hydrogen) atoms. The molecule has 3 aromatic rings. The number of methoxy groups -OCH3 is 1. The zero-order valence-electron chi connectivity index (χ0n) is 23.2. The number of aliphatic imine (C=N–C) groups is 2. The highest BCUT2D eigenvalue weighted by molar-refractivity contribution is 6.11. The Morgan fingerprint density at radius 3 is 2.67 bits per heavy atom. The molecule has 2 aromatic heterocycles. The van der Waals surface area contributed by atoms with Crippen LogP contribution < -0.4 is 15.1 Å². The Bertz CT molecular complexity index is 1510. The molecule has 16 heteroatoms. The van der Waals surface area contributed by atoms with Crippen LogP contribution in [0.15, 0.2) is 40.0 Å². The molecular weight excluding hydrogens is 559 g/mol. The molecule has 0 unspecified atom stereocenters. The van der Waals surface area contributed by atoms with Gasteiger partial charge in [0.25, 0.3) is 5.91 Å². The number of carbonyl (C=O) groups is 1. The van der Waals surface area contributed by atoms with E-state index in [1.165, 1.54) is 24.9 Å². The topological polar surface area (TPSA) is 143 Å². The summed E-state index contributed by atoms with van der Waals surface area (Å²) in [5.41, 5.74) is 1.69. The summed E-state index contributed by atoms with van der Waals surface area (Å²) in [6.45, 7) is 5.70. The summed E-state index contributed by atoms with van der Waals surface area (Å²) in [6, 6.07) is 3.18. The number of hydrogen-bond acceptors (Lipinski definition) is 11. The number of alkyl halides is 3. The van der Waals surface area contributed by atoms with Crippen molar-refractivity contribution < 1.29 is 32.6 Å². The summed E-state index contributed by atoms with van der Waals surface area (Å²) in [5.74, 6) is 0.548. The molecule has 1 aromatic carbocycles. The lowest BCUT2D eigenvalue weighted by atomic mass is 10.1. The second-order valence-electron chi connectivity index (χ2n) is 9.32. The Balaban J connectivity index is 1.73. The van der Waals surface area contributed by atoms with E-state index in [4.69, 9.17) is 24.6 Å². The van der Waals surface area contributed by atoms with Crippen molar-refractivity contribution in [3.05, 3.63) is 41.4 Å². The van der Waals surface area contributed by atoms with Gasteiger partial charge in [-0.25, -0.2) is 20.4 Å². The van der Waals surface area contributed by atoms with Crippen LogP contribution in [-0.4, -0.2) is 95.6 Å². The average molecular weight is 590 g/mol. The molecule has 3 heterocycles. The second-order valence-corrected chi connectivity index (χ2v) is 9.32. The highest BCUT2D eigenvalue weighted by Gasteiger charge is 2.32. The predicted molar refractivity (Wildman–Crippen MR) is 149 cm³/mol. The second kappa shape index (κ2) is 13.1. The molecule has 2 N–H and O–H groups in total. The summed E-state index contributed by atoms with van der Waals surface area (Å²) in [7, 11) is 4.91. The number of carbonyl (C=O) groups excluding carboxylic acids is 1. The van der Waals surface area contributed by atoms with Crippen LogP contribution in [-0.2, 0) is 29.3 Å². The lowest BCUT2D eigenvalue weighted by molar-refractivity contribution is -0.137. The normalized spacial score (nSPS) is 14.7. The van der Waals surface area contributed by atoms with Gasteiger partial charge in [-0.05, 0) is 32.0 Å². The van der Waals surface area contributed by atoms with Gasteiger partial charge >= 0.3 is 6.18 Å². The van der Waals surface area contributed by atoms with E-state index >= 15 is 0 Å². The Morgan fingerprint density at radius 2 is 2.02 bits per heavy atom. The van der Waals surface area contributed by atoms with Crippen molar-refractivity contribution in [2.45, 2.75) is 12.7 Å². The van der Waals surface area contributed by atoms with Gasteiger partial charge in [0.15, 0.2) is 22.8 Å². The number of hydrogen-bond donors (Lipinski definition) is 2. The number of amides is 1. The molecule has 0 bridgehead atoms. The first kappa shape index (κ1) is 30.5. The van der Waals surface area contributed by atoms with E-state index in [2.05, 4.69) is 21.7 Å². The molecule has 1 amide bonds. The summed E-state index contributed by atoms with van der Waals surface area (Å²) < 4.78 is 53.4. The first-order chi connectivity index (χ1) is 20.1. The lowest BCUT2D eigenvalue weighted by Gasteiger charge is -2.28. The van der Waals surface area contributed by atoms with Crippen LogP contribution in [0.1, 0.15) is 11.4 Å². The fraction of sp³-hybridized carbons (Fsp3) is 0.385. The van der Waals surface area contributed by atoms with Crippen LogP contribution >= 0.6 is 0 Å². The smallest absolute Gasteiger partial charge is 0.416 e. The van der Waals surface area contributed by atoms with Crippen LogP contribution in [0.4, 0.5) is 19.0 Å². The Morgan fingerprint density at radius 1 is 1.29 bits per heavy atom. The van der Waals surface area contributed by atoms with Crippen LogP contribution in [0.5, 0.6) is 5.75 Å². The van der Waals surface area contributed by atoms with E-state index in [1.54, 1.807) is 18.7 Å². The first-order valence-corrected chi connectivity index (χ1v) is 12.7. The quantitative estimate of drug-likeness (QED) is 0.158. The van der Waals surface area contributed by atoms with Crippen LogP contribution in [0.25, 0.3) is 22.6 Å². The van der Waals surface area contributed by atoms with E-state index in [1.807, 2.05) is 9.80 Å².